The first-order chi connectivity index (χ1) is 18.8. The average molecular weight is 535 g/mol. The lowest BCUT2D eigenvalue weighted by Crippen LogP contribution is -2.12. The zero-order chi connectivity index (χ0) is 27.6. The molecule has 0 aliphatic heterocycles. The van der Waals surface area contributed by atoms with Gasteiger partial charge in [0.05, 0.1) is 0 Å². The Kier molecular flexibility index (Phi) is 33.9. The lowest BCUT2D eigenvalue weighted by molar-refractivity contribution is -0.105. The van der Waals surface area contributed by atoms with E-state index in [0.717, 1.165) is 19.3 Å². The molecule has 0 aromatic rings. The van der Waals surface area contributed by atoms with Crippen molar-refractivity contribution in [2.45, 2.75) is 200 Å². The minimum atomic E-state index is -0.553. The van der Waals surface area contributed by atoms with Crippen molar-refractivity contribution < 1.29 is 9.84 Å². The van der Waals surface area contributed by atoms with Crippen molar-refractivity contribution in [2.75, 3.05) is 6.61 Å². The first kappa shape index (κ1) is 37.4. The van der Waals surface area contributed by atoms with Gasteiger partial charge in [-0.1, -0.05) is 147 Å². The molecule has 0 aliphatic rings. The molecule has 0 bridgehead atoms. The maximum atomic E-state index is 10.0. The third kappa shape index (κ3) is 33.4. The van der Waals surface area contributed by atoms with Crippen LogP contribution in [0.1, 0.15) is 194 Å². The van der Waals surface area contributed by atoms with Crippen LogP contribution in [0.25, 0.3) is 0 Å². The van der Waals surface area contributed by atoms with Gasteiger partial charge in [-0.05, 0) is 70.6 Å². The van der Waals surface area contributed by atoms with Crippen molar-refractivity contribution in [3.8, 4) is 0 Å². The van der Waals surface area contributed by atoms with Crippen molar-refractivity contribution in [3.05, 3.63) is 24.3 Å². The molecule has 0 rings (SSSR count). The van der Waals surface area contributed by atoms with Gasteiger partial charge in [0, 0.05) is 6.61 Å². The Balaban J connectivity index is 3.22. The zero-order valence-electron chi connectivity index (χ0n) is 26.2. The summed E-state index contributed by atoms with van der Waals surface area (Å²) in [5, 5.41) is 10.0. The summed E-state index contributed by atoms with van der Waals surface area (Å²) in [7, 11) is 0. The molecule has 0 fully saturated rings. The summed E-state index contributed by atoms with van der Waals surface area (Å²) in [5.41, 5.74) is 0. The van der Waals surface area contributed by atoms with Crippen molar-refractivity contribution in [3.63, 3.8) is 0 Å². The maximum Gasteiger partial charge on any atom is 0.154 e. The molecular formula is C36H70O2. The van der Waals surface area contributed by atoms with Gasteiger partial charge >= 0.3 is 0 Å². The van der Waals surface area contributed by atoms with E-state index in [9.17, 15) is 5.11 Å². The number of unbranched alkanes of at least 4 members (excludes halogenated alkanes) is 23. The Hall–Kier alpha value is -0.600. The van der Waals surface area contributed by atoms with Crippen molar-refractivity contribution in [1.82, 2.24) is 0 Å². The van der Waals surface area contributed by atoms with Crippen LogP contribution in [-0.2, 0) is 4.74 Å². The highest BCUT2D eigenvalue weighted by Gasteiger charge is 2.03. The highest BCUT2D eigenvalue weighted by Crippen LogP contribution is 2.13. The predicted molar refractivity (Wildman–Crippen MR) is 171 cm³/mol. The minimum absolute atomic E-state index is 0.553. The number of hydrogen-bond donors (Lipinski definition) is 1. The second-order valence-corrected chi connectivity index (χ2v) is 11.6. The lowest BCUT2D eigenvalue weighted by Gasteiger charge is -2.11. The van der Waals surface area contributed by atoms with E-state index >= 15 is 0 Å². The Morgan fingerprint density at radius 1 is 0.421 bits per heavy atom. The quantitative estimate of drug-likeness (QED) is 0.0528. The van der Waals surface area contributed by atoms with Gasteiger partial charge in [0.25, 0.3) is 0 Å². The van der Waals surface area contributed by atoms with Crippen LogP contribution in [0.4, 0.5) is 0 Å². The molecule has 38 heavy (non-hydrogen) atoms. The van der Waals surface area contributed by atoms with Gasteiger partial charge < -0.3 is 9.84 Å². The van der Waals surface area contributed by atoms with Crippen LogP contribution in [0.15, 0.2) is 24.3 Å². The number of allylic oxidation sites excluding steroid dienone is 4. The minimum Gasteiger partial charge on any atom is -0.368 e. The molecule has 226 valence electrons. The zero-order valence-corrected chi connectivity index (χ0v) is 26.2. The van der Waals surface area contributed by atoms with Gasteiger partial charge in [-0.25, -0.2) is 0 Å². The van der Waals surface area contributed by atoms with Gasteiger partial charge in [-0.15, -0.1) is 0 Å². The predicted octanol–water partition coefficient (Wildman–Crippen LogP) is 12.4. The second kappa shape index (κ2) is 34.4. The summed E-state index contributed by atoms with van der Waals surface area (Å²) < 4.78 is 5.62. The molecule has 0 aromatic carbocycles. The molecule has 1 unspecified atom stereocenters. The highest BCUT2D eigenvalue weighted by atomic mass is 16.6. The number of aliphatic hydroxyl groups is 1. The van der Waals surface area contributed by atoms with Crippen LogP contribution in [0.3, 0.4) is 0 Å². The van der Waals surface area contributed by atoms with E-state index in [-0.39, 0.29) is 0 Å². The summed E-state index contributed by atoms with van der Waals surface area (Å²) in [6, 6.07) is 0. The third-order valence-corrected chi connectivity index (χ3v) is 7.68. The molecule has 0 amide bonds. The average Bonchev–Trinajstić information content (AvgIpc) is 2.92. The number of ether oxygens (including phenoxy) is 1. The van der Waals surface area contributed by atoms with Gasteiger partial charge in [0.15, 0.2) is 6.29 Å². The summed E-state index contributed by atoms with van der Waals surface area (Å²) in [5.74, 6) is 0. The first-order valence-corrected chi connectivity index (χ1v) is 17.4. The first-order valence-electron chi connectivity index (χ1n) is 17.4. The molecule has 0 aliphatic carbocycles. The molecule has 0 aromatic heterocycles. The molecule has 1 N–H and O–H groups in total. The monoisotopic (exact) mass is 535 g/mol. The molecule has 0 radical (unpaired) electrons. The van der Waals surface area contributed by atoms with Gasteiger partial charge in [0.2, 0.25) is 0 Å². The number of aliphatic hydroxyl groups excluding tert-OH is 1. The van der Waals surface area contributed by atoms with Crippen LogP contribution in [0.5, 0.6) is 0 Å². The Labute approximate surface area is 240 Å². The maximum absolute atomic E-state index is 10.0. The summed E-state index contributed by atoms with van der Waals surface area (Å²) >= 11 is 0. The largest absolute Gasteiger partial charge is 0.368 e. The van der Waals surface area contributed by atoms with E-state index in [1.165, 1.54) is 161 Å². The molecule has 0 saturated heterocycles. The van der Waals surface area contributed by atoms with E-state index in [1.54, 1.807) is 0 Å². The number of rotatable bonds is 32. The number of hydrogen-bond acceptors (Lipinski definition) is 2. The summed E-state index contributed by atoms with van der Waals surface area (Å²) in [6.07, 6.45) is 45.4. The van der Waals surface area contributed by atoms with Crippen LogP contribution in [0.2, 0.25) is 0 Å². The van der Waals surface area contributed by atoms with Gasteiger partial charge in [-0.2, -0.15) is 0 Å². The second-order valence-electron chi connectivity index (χ2n) is 11.6. The molecule has 0 saturated carbocycles. The SMILES string of the molecule is CCCCCCCC/C=C\CCCCCCCCOC(O)CCCCCCC/C=C\CCCCCCCC. The van der Waals surface area contributed by atoms with E-state index in [4.69, 9.17) is 4.74 Å². The smallest absolute Gasteiger partial charge is 0.154 e. The van der Waals surface area contributed by atoms with E-state index < -0.39 is 6.29 Å². The molecule has 0 spiro atoms. The fourth-order valence-electron chi connectivity index (χ4n) is 5.04. The molecule has 1 atom stereocenters. The topological polar surface area (TPSA) is 29.5 Å². The van der Waals surface area contributed by atoms with Crippen molar-refractivity contribution >= 4 is 0 Å². The van der Waals surface area contributed by atoms with Crippen molar-refractivity contribution in [1.29, 1.82) is 0 Å². The molecule has 2 nitrogen and oxygen atoms in total. The van der Waals surface area contributed by atoms with E-state index in [0.29, 0.717) is 6.61 Å². The Bertz CT molecular complexity index is 470. The van der Waals surface area contributed by atoms with E-state index in [2.05, 4.69) is 38.2 Å². The third-order valence-electron chi connectivity index (χ3n) is 7.68. The Morgan fingerprint density at radius 3 is 1.13 bits per heavy atom. The van der Waals surface area contributed by atoms with Crippen LogP contribution >= 0.6 is 0 Å². The molecule has 2 heteroatoms. The fourth-order valence-corrected chi connectivity index (χ4v) is 5.04. The Morgan fingerprint density at radius 2 is 0.737 bits per heavy atom. The molecular weight excluding hydrogens is 464 g/mol. The highest BCUT2D eigenvalue weighted by molar-refractivity contribution is 4.82. The summed E-state index contributed by atoms with van der Waals surface area (Å²) in [6.45, 7) is 5.28. The summed E-state index contributed by atoms with van der Waals surface area (Å²) in [4.78, 5) is 0. The normalized spacial score (nSPS) is 12.8. The van der Waals surface area contributed by atoms with Crippen molar-refractivity contribution in [2.24, 2.45) is 0 Å². The van der Waals surface area contributed by atoms with Crippen LogP contribution in [-0.4, -0.2) is 18.0 Å². The fraction of sp³-hybridized carbons (Fsp3) is 0.889. The standard InChI is InChI=1S/C36H70O2/c1-3-5-7-9-11-13-15-17-19-21-23-25-27-29-31-33-35-38-36(37)34-32-30-28-26-24-22-20-18-16-14-12-10-8-6-4-2/h17-20,36-37H,3-16,21-35H2,1-2H3/b19-17-,20-18-. The van der Waals surface area contributed by atoms with Gasteiger partial charge in [0.1, 0.15) is 0 Å². The molecule has 0 heterocycles. The lowest BCUT2D eigenvalue weighted by atomic mass is 10.1. The van der Waals surface area contributed by atoms with Gasteiger partial charge in [-0.3, -0.25) is 0 Å². The van der Waals surface area contributed by atoms with Crippen LogP contribution < -0.4 is 0 Å². The van der Waals surface area contributed by atoms with Crippen LogP contribution in [0, 0.1) is 0 Å². The van der Waals surface area contributed by atoms with E-state index in [1.807, 2.05) is 0 Å².